The number of hydrogen-bond donors (Lipinski definition) is 0. The third-order valence-electron chi connectivity index (χ3n) is 6.22. The molecule has 0 atom stereocenters. The number of nitriles is 1. The first-order chi connectivity index (χ1) is 17.2. The van der Waals surface area contributed by atoms with Crippen LogP contribution in [0, 0.1) is 11.3 Å². The van der Waals surface area contributed by atoms with E-state index >= 15 is 0 Å². The number of methoxy groups -OCH3 is 2. The summed E-state index contributed by atoms with van der Waals surface area (Å²) in [6.07, 6.45) is 10.2. The normalized spacial score (nSPS) is 13.9. The highest BCUT2D eigenvalue weighted by Crippen LogP contribution is 2.36. The van der Waals surface area contributed by atoms with Crippen molar-refractivity contribution in [3.05, 3.63) is 71.7 Å². The molecule has 176 valence electrons. The maximum atomic E-state index is 9.18. The number of hydrogen-bond acceptors (Lipinski definition) is 6. The molecule has 1 aliphatic rings. The SMILES string of the molecule is COc1ccc2nc(/C=C/c3cccc(OC)c3OC3CCCC3)n(-c3ccc(C#N)cn3)c2c1. The van der Waals surface area contributed by atoms with E-state index in [2.05, 4.69) is 11.1 Å². The Morgan fingerprint density at radius 2 is 1.89 bits per heavy atom. The lowest BCUT2D eigenvalue weighted by Gasteiger charge is -2.18. The first-order valence-corrected chi connectivity index (χ1v) is 11.6. The van der Waals surface area contributed by atoms with Crippen LogP contribution in [0.2, 0.25) is 0 Å². The average Bonchev–Trinajstić information content (AvgIpc) is 3.55. The molecule has 0 amide bonds. The van der Waals surface area contributed by atoms with E-state index in [0.717, 1.165) is 40.9 Å². The van der Waals surface area contributed by atoms with Gasteiger partial charge < -0.3 is 14.2 Å². The van der Waals surface area contributed by atoms with Gasteiger partial charge in [0.15, 0.2) is 11.5 Å². The van der Waals surface area contributed by atoms with Gasteiger partial charge in [0.1, 0.15) is 23.5 Å². The van der Waals surface area contributed by atoms with Gasteiger partial charge in [0.05, 0.1) is 36.9 Å². The number of benzene rings is 2. The molecule has 0 radical (unpaired) electrons. The van der Waals surface area contributed by atoms with Gasteiger partial charge >= 0.3 is 0 Å². The van der Waals surface area contributed by atoms with Crippen LogP contribution in [0.1, 0.15) is 42.6 Å². The van der Waals surface area contributed by atoms with Gasteiger partial charge in [-0.2, -0.15) is 5.26 Å². The van der Waals surface area contributed by atoms with E-state index in [1.54, 1.807) is 26.5 Å². The van der Waals surface area contributed by atoms with Crippen LogP contribution >= 0.6 is 0 Å². The summed E-state index contributed by atoms with van der Waals surface area (Å²) in [5.41, 5.74) is 3.08. The molecule has 0 N–H and O–H groups in total. The Kier molecular flexibility index (Phi) is 6.36. The summed E-state index contributed by atoms with van der Waals surface area (Å²) in [4.78, 5) is 9.35. The number of nitrogens with zero attached hydrogens (tertiary/aromatic N) is 4. The Bertz CT molecular complexity index is 1410. The minimum atomic E-state index is 0.207. The van der Waals surface area contributed by atoms with Crippen molar-refractivity contribution < 1.29 is 14.2 Å². The van der Waals surface area contributed by atoms with E-state index in [-0.39, 0.29) is 6.10 Å². The number of imidazole rings is 1. The predicted octanol–water partition coefficient (Wildman–Crippen LogP) is 5.80. The van der Waals surface area contributed by atoms with Crippen molar-refractivity contribution in [2.75, 3.05) is 14.2 Å². The third-order valence-corrected chi connectivity index (χ3v) is 6.22. The molecule has 7 heteroatoms. The van der Waals surface area contributed by atoms with E-state index in [9.17, 15) is 5.26 Å². The van der Waals surface area contributed by atoms with Gasteiger partial charge in [0, 0.05) is 17.8 Å². The van der Waals surface area contributed by atoms with Gasteiger partial charge in [-0.15, -0.1) is 0 Å². The van der Waals surface area contributed by atoms with Crippen LogP contribution in [-0.2, 0) is 0 Å². The zero-order valence-electron chi connectivity index (χ0n) is 19.8. The number of para-hydroxylation sites is 1. The molecule has 0 spiro atoms. The summed E-state index contributed by atoms with van der Waals surface area (Å²) in [7, 11) is 3.30. The van der Waals surface area contributed by atoms with Crippen molar-refractivity contribution >= 4 is 23.2 Å². The monoisotopic (exact) mass is 466 g/mol. The molecule has 0 unspecified atom stereocenters. The van der Waals surface area contributed by atoms with Crippen molar-refractivity contribution in [3.63, 3.8) is 0 Å². The number of fused-ring (bicyclic) bond motifs is 1. The molecule has 1 saturated carbocycles. The zero-order valence-corrected chi connectivity index (χ0v) is 19.8. The molecule has 2 heterocycles. The van der Waals surface area contributed by atoms with E-state index < -0.39 is 0 Å². The number of rotatable bonds is 7. The summed E-state index contributed by atoms with van der Waals surface area (Å²) in [6, 6.07) is 17.3. The zero-order chi connectivity index (χ0) is 24.2. The van der Waals surface area contributed by atoms with Gasteiger partial charge in [-0.1, -0.05) is 12.1 Å². The minimum absolute atomic E-state index is 0.207. The molecule has 2 aromatic carbocycles. The summed E-state index contributed by atoms with van der Waals surface area (Å²) < 4.78 is 19.4. The van der Waals surface area contributed by atoms with Gasteiger partial charge in [-0.05, 0) is 68.2 Å². The molecule has 1 fully saturated rings. The van der Waals surface area contributed by atoms with Crippen LogP contribution in [0.3, 0.4) is 0 Å². The first kappa shape index (κ1) is 22.5. The fraction of sp³-hybridized carbons (Fsp3) is 0.250. The summed E-state index contributed by atoms with van der Waals surface area (Å²) in [6.45, 7) is 0. The lowest BCUT2D eigenvalue weighted by molar-refractivity contribution is 0.200. The predicted molar refractivity (Wildman–Crippen MR) is 135 cm³/mol. The Morgan fingerprint density at radius 3 is 2.60 bits per heavy atom. The van der Waals surface area contributed by atoms with Gasteiger partial charge in [0.25, 0.3) is 0 Å². The Balaban J connectivity index is 1.60. The largest absolute Gasteiger partial charge is 0.497 e. The van der Waals surface area contributed by atoms with E-state index in [1.807, 2.05) is 59.2 Å². The Morgan fingerprint density at radius 1 is 1.03 bits per heavy atom. The van der Waals surface area contributed by atoms with Crippen LogP contribution in [0.25, 0.3) is 29.0 Å². The van der Waals surface area contributed by atoms with Gasteiger partial charge in [-0.3, -0.25) is 4.57 Å². The molecular weight excluding hydrogens is 440 g/mol. The maximum Gasteiger partial charge on any atom is 0.168 e. The minimum Gasteiger partial charge on any atom is -0.497 e. The molecule has 4 aromatic rings. The Labute approximate surface area is 204 Å². The lowest BCUT2D eigenvalue weighted by Crippen LogP contribution is -2.12. The molecule has 0 saturated heterocycles. The molecule has 0 bridgehead atoms. The van der Waals surface area contributed by atoms with Crippen LogP contribution < -0.4 is 14.2 Å². The van der Waals surface area contributed by atoms with Gasteiger partial charge in [-0.25, -0.2) is 9.97 Å². The van der Waals surface area contributed by atoms with Crippen molar-refractivity contribution in [1.82, 2.24) is 14.5 Å². The molecule has 5 rings (SSSR count). The van der Waals surface area contributed by atoms with Crippen LogP contribution in [0.15, 0.2) is 54.7 Å². The highest BCUT2D eigenvalue weighted by Gasteiger charge is 2.20. The highest BCUT2D eigenvalue weighted by molar-refractivity contribution is 5.83. The maximum absolute atomic E-state index is 9.18. The second-order valence-electron chi connectivity index (χ2n) is 8.41. The second kappa shape index (κ2) is 9.90. The molecule has 1 aliphatic carbocycles. The number of ether oxygens (including phenoxy) is 3. The van der Waals surface area contributed by atoms with Crippen LogP contribution in [-0.4, -0.2) is 34.9 Å². The van der Waals surface area contributed by atoms with Crippen molar-refractivity contribution in [2.45, 2.75) is 31.8 Å². The number of aromatic nitrogens is 3. The van der Waals surface area contributed by atoms with Crippen LogP contribution in [0.4, 0.5) is 0 Å². The number of pyridine rings is 1. The molecule has 2 aromatic heterocycles. The summed E-state index contributed by atoms with van der Waals surface area (Å²) >= 11 is 0. The first-order valence-electron chi connectivity index (χ1n) is 11.6. The molecule has 0 aliphatic heterocycles. The fourth-order valence-corrected chi connectivity index (χ4v) is 4.43. The van der Waals surface area contributed by atoms with E-state index in [0.29, 0.717) is 23.0 Å². The average molecular weight is 467 g/mol. The van der Waals surface area contributed by atoms with Crippen molar-refractivity contribution in [2.24, 2.45) is 0 Å². The van der Waals surface area contributed by atoms with Gasteiger partial charge in [0.2, 0.25) is 0 Å². The topological polar surface area (TPSA) is 82.2 Å². The lowest BCUT2D eigenvalue weighted by atomic mass is 10.1. The molecule has 35 heavy (non-hydrogen) atoms. The molecule has 7 nitrogen and oxygen atoms in total. The summed E-state index contributed by atoms with van der Waals surface area (Å²) in [5.74, 6) is 3.54. The van der Waals surface area contributed by atoms with Crippen LogP contribution in [0.5, 0.6) is 17.2 Å². The van der Waals surface area contributed by atoms with Crippen molar-refractivity contribution in [1.29, 1.82) is 5.26 Å². The molecular formula is C28H26N4O3. The van der Waals surface area contributed by atoms with E-state index in [1.165, 1.54) is 12.8 Å². The Hall–Kier alpha value is -4.31. The third kappa shape index (κ3) is 4.56. The highest BCUT2D eigenvalue weighted by atomic mass is 16.5. The summed E-state index contributed by atoms with van der Waals surface area (Å²) in [5, 5.41) is 9.18. The standard InChI is InChI=1S/C28H26N4O3/c1-33-22-12-13-23-24(16-22)32(26-14-10-19(17-29)18-30-26)27(31-23)15-11-20-6-5-9-25(34-2)28(20)35-21-7-3-4-8-21/h5-6,9-16,18,21H,3-4,7-8H2,1-2H3/b15-11+. The second-order valence-corrected chi connectivity index (χ2v) is 8.41. The van der Waals surface area contributed by atoms with Crippen molar-refractivity contribution in [3.8, 4) is 29.1 Å². The van der Waals surface area contributed by atoms with E-state index in [4.69, 9.17) is 19.2 Å². The quantitative estimate of drug-likeness (QED) is 0.342. The fourth-order valence-electron chi connectivity index (χ4n) is 4.43. The smallest absolute Gasteiger partial charge is 0.168 e.